The molecule has 0 aliphatic carbocycles. The highest BCUT2D eigenvalue weighted by atomic mass is 35.5. The number of halogens is 4. The maximum absolute atomic E-state index is 14.1. The maximum atomic E-state index is 14.1. The van der Waals surface area contributed by atoms with E-state index in [1.165, 1.54) is 12.4 Å². The van der Waals surface area contributed by atoms with Crippen LogP contribution >= 0.6 is 11.6 Å². The van der Waals surface area contributed by atoms with Gasteiger partial charge in [-0.1, -0.05) is 11.6 Å². The summed E-state index contributed by atoms with van der Waals surface area (Å²) in [6.07, 6.45) is -3.12. The van der Waals surface area contributed by atoms with Crippen LogP contribution in [0.4, 0.5) is 18.0 Å². The van der Waals surface area contributed by atoms with Crippen molar-refractivity contribution in [3.8, 4) is 23.1 Å². The number of piperazine rings is 1. The number of hydrogen-bond donors (Lipinski definition) is 0. The van der Waals surface area contributed by atoms with Gasteiger partial charge in [0.25, 0.3) is 0 Å². The van der Waals surface area contributed by atoms with Crippen molar-refractivity contribution in [2.24, 2.45) is 7.05 Å². The molecule has 0 radical (unpaired) electrons. The van der Waals surface area contributed by atoms with Gasteiger partial charge in [0.15, 0.2) is 5.69 Å². The van der Waals surface area contributed by atoms with Gasteiger partial charge in [0.2, 0.25) is 0 Å². The van der Waals surface area contributed by atoms with Crippen LogP contribution < -0.4 is 4.74 Å². The molecule has 1 aromatic carbocycles. The smallest absolute Gasteiger partial charge is 0.420 e. The zero-order valence-electron chi connectivity index (χ0n) is 22.7. The molecule has 9 nitrogen and oxygen atoms in total. The van der Waals surface area contributed by atoms with Crippen molar-refractivity contribution in [2.45, 2.75) is 39.0 Å². The van der Waals surface area contributed by atoms with E-state index in [9.17, 15) is 23.2 Å². The van der Waals surface area contributed by atoms with Gasteiger partial charge in [0.05, 0.1) is 34.7 Å². The molecule has 1 amide bonds. The number of aromatic nitrogens is 3. The monoisotopic (exact) mass is 578 g/mol. The summed E-state index contributed by atoms with van der Waals surface area (Å²) >= 11 is 6.32. The van der Waals surface area contributed by atoms with Gasteiger partial charge < -0.3 is 18.9 Å². The van der Waals surface area contributed by atoms with E-state index in [2.05, 4.69) is 14.9 Å². The van der Waals surface area contributed by atoms with Crippen LogP contribution in [-0.4, -0.2) is 75.4 Å². The lowest BCUT2D eigenvalue weighted by Gasteiger charge is -2.35. The third kappa shape index (κ3) is 6.77. The van der Waals surface area contributed by atoms with E-state index < -0.39 is 23.1 Å². The normalized spacial score (nSPS) is 14.8. The Labute approximate surface area is 235 Å². The molecule has 0 bridgehead atoms. The Morgan fingerprint density at radius 3 is 2.48 bits per heavy atom. The molecule has 0 N–H and O–H groups in total. The van der Waals surface area contributed by atoms with Gasteiger partial charge in [-0.2, -0.15) is 18.4 Å². The molecule has 13 heteroatoms. The summed E-state index contributed by atoms with van der Waals surface area (Å²) in [7, 11) is 1.71. The number of hydrogen-bond acceptors (Lipinski definition) is 7. The lowest BCUT2D eigenvalue weighted by atomic mass is 10.0. The molecule has 1 aliphatic heterocycles. The number of nitriles is 1. The van der Waals surface area contributed by atoms with Gasteiger partial charge in [0.1, 0.15) is 22.9 Å². The van der Waals surface area contributed by atoms with Crippen molar-refractivity contribution in [2.75, 3.05) is 39.3 Å². The minimum Gasteiger partial charge on any atom is -0.491 e. The summed E-state index contributed by atoms with van der Waals surface area (Å²) in [5, 5.41) is 9.27. The molecule has 0 atom stereocenters. The Kier molecular flexibility index (Phi) is 8.46. The van der Waals surface area contributed by atoms with Gasteiger partial charge in [-0.3, -0.25) is 4.90 Å². The number of carbonyl (C=O) groups is 1. The largest absolute Gasteiger partial charge is 0.491 e. The summed E-state index contributed by atoms with van der Waals surface area (Å²) < 4.78 is 54.8. The molecular weight excluding hydrogens is 549 g/mol. The van der Waals surface area contributed by atoms with E-state index in [1.807, 2.05) is 26.8 Å². The van der Waals surface area contributed by atoms with E-state index in [4.69, 9.17) is 21.1 Å². The number of amides is 1. The zero-order valence-corrected chi connectivity index (χ0v) is 23.4. The summed E-state index contributed by atoms with van der Waals surface area (Å²) in [5.74, 6) is -0.449. The van der Waals surface area contributed by atoms with Crippen LogP contribution in [0.5, 0.6) is 5.75 Å². The Hall–Kier alpha value is -3.56. The fourth-order valence-corrected chi connectivity index (χ4v) is 4.67. The van der Waals surface area contributed by atoms with E-state index >= 15 is 0 Å². The zero-order chi connectivity index (χ0) is 29.2. The second kappa shape index (κ2) is 11.5. The van der Waals surface area contributed by atoms with Gasteiger partial charge in [-0.05, 0) is 45.4 Å². The summed E-state index contributed by atoms with van der Waals surface area (Å²) in [5.41, 5.74) is -0.398. The van der Waals surface area contributed by atoms with Crippen LogP contribution in [0.3, 0.4) is 0 Å². The highest BCUT2D eigenvalue weighted by Gasteiger charge is 2.36. The SMILES string of the molecule is Cn1cnc2c(C#N)nc(-c3cc(Cl)c(OCCCN4CCN(C(=O)OC(C)(C)C)CC4)c(C(F)(F)F)c3)cc21. The Balaban J connectivity index is 1.43. The molecule has 1 aliphatic rings. The second-order valence-electron chi connectivity index (χ2n) is 10.5. The molecule has 2 aromatic heterocycles. The average Bonchev–Trinajstić information content (AvgIpc) is 3.25. The number of carbonyl (C=O) groups excluding carboxylic acids is 1. The molecule has 4 rings (SSSR count). The van der Waals surface area contributed by atoms with Crippen molar-refractivity contribution in [1.29, 1.82) is 5.26 Å². The number of ether oxygens (including phenoxy) is 2. The van der Waals surface area contributed by atoms with E-state index in [0.29, 0.717) is 50.2 Å². The van der Waals surface area contributed by atoms with Crippen LogP contribution in [-0.2, 0) is 18.0 Å². The third-order valence-electron chi connectivity index (χ3n) is 6.35. The molecule has 3 heterocycles. The molecular formula is C27H30ClF3N6O3. The maximum Gasteiger partial charge on any atom is 0.420 e. The van der Waals surface area contributed by atoms with Crippen molar-refractivity contribution < 1.29 is 27.4 Å². The number of pyridine rings is 1. The number of rotatable bonds is 6. The topological polar surface area (TPSA) is 96.5 Å². The van der Waals surface area contributed by atoms with Crippen LogP contribution in [0, 0.1) is 11.3 Å². The fourth-order valence-electron chi connectivity index (χ4n) is 4.39. The van der Waals surface area contributed by atoms with Crippen molar-refractivity contribution in [3.05, 3.63) is 40.8 Å². The lowest BCUT2D eigenvalue weighted by molar-refractivity contribution is -0.138. The molecule has 214 valence electrons. The van der Waals surface area contributed by atoms with Gasteiger partial charge >= 0.3 is 12.3 Å². The van der Waals surface area contributed by atoms with Gasteiger partial charge in [-0.15, -0.1) is 0 Å². The van der Waals surface area contributed by atoms with Gasteiger partial charge in [-0.25, -0.2) is 14.8 Å². The molecule has 0 unspecified atom stereocenters. The number of imidazole rings is 1. The first kappa shape index (κ1) is 29.4. The van der Waals surface area contributed by atoms with Crippen LogP contribution in [0.2, 0.25) is 5.02 Å². The highest BCUT2D eigenvalue weighted by Crippen LogP contribution is 2.43. The number of benzene rings is 1. The predicted molar refractivity (Wildman–Crippen MR) is 143 cm³/mol. The van der Waals surface area contributed by atoms with Gasteiger partial charge in [0, 0.05) is 45.3 Å². The van der Waals surface area contributed by atoms with Crippen LogP contribution in [0.15, 0.2) is 24.5 Å². The first-order valence-corrected chi connectivity index (χ1v) is 13.1. The first-order valence-electron chi connectivity index (χ1n) is 12.7. The van der Waals surface area contributed by atoms with Crippen LogP contribution in [0.1, 0.15) is 38.4 Å². The summed E-state index contributed by atoms with van der Waals surface area (Å²) in [6.45, 7) is 8.31. The van der Waals surface area contributed by atoms with E-state index in [0.717, 1.165) is 6.07 Å². The second-order valence-corrected chi connectivity index (χ2v) is 10.9. The predicted octanol–water partition coefficient (Wildman–Crippen LogP) is 5.50. The summed E-state index contributed by atoms with van der Waals surface area (Å²) in [4.78, 5) is 24.3. The molecule has 3 aromatic rings. The van der Waals surface area contributed by atoms with Crippen molar-refractivity contribution >= 4 is 28.7 Å². The number of alkyl halides is 3. The van der Waals surface area contributed by atoms with Crippen molar-refractivity contribution in [1.82, 2.24) is 24.3 Å². The van der Waals surface area contributed by atoms with Crippen LogP contribution in [0.25, 0.3) is 22.3 Å². The molecule has 1 saturated heterocycles. The molecule has 0 saturated carbocycles. The number of aryl methyl sites for hydroxylation is 1. The molecule has 0 spiro atoms. The molecule has 1 fully saturated rings. The number of fused-ring (bicyclic) bond motifs is 1. The first-order chi connectivity index (χ1) is 18.8. The standard InChI is InChI=1S/C27H30ClF3N6O3/c1-26(2,3)40-25(38)37-9-7-36(8-10-37)6-5-11-39-24-18(27(29,30)31)12-17(13-19(24)28)20-14-22-23(21(15-32)34-20)33-16-35(22)4/h12-14,16H,5-11H2,1-4H3. The minimum absolute atomic E-state index is 0.00466. The van der Waals surface area contributed by atoms with E-state index in [-0.39, 0.29) is 34.7 Å². The fraction of sp³-hybridized carbons (Fsp3) is 0.481. The Morgan fingerprint density at radius 2 is 1.85 bits per heavy atom. The van der Waals surface area contributed by atoms with Crippen molar-refractivity contribution in [3.63, 3.8) is 0 Å². The number of nitrogens with zero attached hydrogens (tertiary/aromatic N) is 6. The quantitative estimate of drug-likeness (QED) is 0.356. The third-order valence-corrected chi connectivity index (χ3v) is 6.63. The lowest BCUT2D eigenvalue weighted by Crippen LogP contribution is -2.50. The molecule has 40 heavy (non-hydrogen) atoms. The Bertz CT molecular complexity index is 1440. The highest BCUT2D eigenvalue weighted by molar-refractivity contribution is 6.32. The minimum atomic E-state index is -4.73. The Morgan fingerprint density at radius 1 is 1.15 bits per heavy atom. The summed E-state index contributed by atoms with van der Waals surface area (Å²) in [6, 6.07) is 5.80. The average molecular weight is 579 g/mol. The van der Waals surface area contributed by atoms with E-state index in [1.54, 1.807) is 22.6 Å².